The van der Waals surface area contributed by atoms with E-state index in [1.165, 1.54) is 30.2 Å². The molecular formula is C27H24N2O7. The summed E-state index contributed by atoms with van der Waals surface area (Å²) in [5.41, 5.74) is 1.44. The Labute approximate surface area is 207 Å². The molecule has 1 aliphatic rings. The van der Waals surface area contributed by atoms with Crippen LogP contribution in [0.1, 0.15) is 29.7 Å². The number of Topliss-reactive ketones (excluding diaryl/α,β-unsaturated/α-hetero) is 1. The lowest BCUT2D eigenvalue weighted by atomic mass is 9.94. The number of carbonyl (C=O) groups is 2. The van der Waals surface area contributed by atoms with Crippen LogP contribution in [0.5, 0.6) is 11.5 Å². The van der Waals surface area contributed by atoms with Crippen LogP contribution in [0.2, 0.25) is 0 Å². The maximum Gasteiger partial charge on any atom is 0.300 e. The van der Waals surface area contributed by atoms with Crippen LogP contribution in [0.4, 0.5) is 11.4 Å². The number of methoxy groups -OCH3 is 1. The molecule has 0 radical (unpaired) electrons. The number of aliphatic hydroxyl groups is 1. The highest BCUT2D eigenvalue weighted by Gasteiger charge is 2.47. The molecule has 9 nitrogen and oxygen atoms in total. The Bertz CT molecular complexity index is 1400. The maximum atomic E-state index is 13.3. The number of ketones is 1. The van der Waals surface area contributed by atoms with Crippen LogP contribution >= 0.6 is 0 Å². The normalized spacial score (nSPS) is 16.8. The van der Waals surface area contributed by atoms with Gasteiger partial charge in [0.2, 0.25) is 0 Å². The van der Waals surface area contributed by atoms with Gasteiger partial charge in [-0.2, -0.15) is 0 Å². The highest BCUT2D eigenvalue weighted by Crippen LogP contribution is 2.44. The standard InChI is InChI=1S/C27H24N2O7/c1-4-36-22-15-17(11-12-21(22)35-3)24-23(25(30)18-8-6-10-20(14-18)29(33)34)26(31)27(32)28(24)19-9-5-7-16(2)13-19/h5-15,24,30H,4H2,1-3H3/b25-23+. The van der Waals surface area contributed by atoms with Crippen LogP contribution < -0.4 is 14.4 Å². The Morgan fingerprint density at radius 1 is 1.06 bits per heavy atom. The predicted molar refractivity (Wildman–Crippen MR) is 133 cm³/mol. The van der Waals surface area contributed by atoms with Crippen LogP contribution in [0, 0.1) is 17.0 Å². The minimum Gasteiger partial charge on any atom is -0.507 e. The van der Waals surface area contributed by atoms with Crippen molar-refractivity contribution in [2.75, 3.05) is 18.6 Å². The van der Waals surface area contributed by atoms with E-state index in [2.05, 4.69) is 0 Å². The summed E-state index contributed by atoms with van der Waals surface area (Å²) in [6.45, 7) is 4.03. The number of benzene rings is 3. The molecule has 1 atom stereocenters. The van der Waals surface area contributed by atoms with Gasteiger partial charge in [0.1, 0.15) is 5.76 Å². The summed E-state index contributed by atoms with van der Waals surface area (Å²) in [6.07, 6.45) is 0. The first-order valence-corrected chi connectivity index (χ1v) is 11.2. The molecule has 3 aromatic carbocycles. The molecule has 0 saturated carbocycles. The molecule has 1 aliphatic heterocycles. The Morgan fingerprint density at radius 3 is 2.47 bits per heavy atom. The lowest BCUT2D eigenvalue weighted by Crippen LogP contribution is -2.29. The average Bonchev–Trinajstić information content (AvgIpc) is 3.14. The highest BCUT2D eigenvalue weighted by molar-refractivity contribution is 6.51. The number of nitro benzene ring substituents is 1. The topological polar surface area (TPSA) is 119 Å². The number of aryl methyl sites for hydroxylation is 1. The fourth-order valence-corrected chi connectivity index (χ4v) is 4.25. The Morgan fingerprint density at radius 2 is 1.81 bits per heavy atom. The third kappa shape index (κ3) is 4.38. The fourth-order valence-electron chi connectivity index (χ4n) is 4.25. The molecule has 36 heavy (non-hydrogen) atoms. The van der Waals surface area contributed by atoms with Crippen molar-refractivity contribution in [3.05, 3.63) is 99.1 Å². The SMILES string of the molecule is CCOc1cc(C2/C(=C(\O)c3cccc([N+](=O)[O-])c3)C(=O)C(=O)N2c2cccc(C)c2)ccc1OC. The van der Waals surface area contributed by atoms with Crippen molar-refractivity contribution in [1.29, 1.82) is 0 Å². The highest BCUT2D eigenvalue weighted by atomic mass is 16.6. The summed E-state index contributed by atoms with van der Waals surface area (Å²) in [4.78, 5) is 38.6. The quantitative estimate of drug-likeness (QED) is 0.165. The Hall–Kier alpha value is -4.66. The minimum atomic E-state index is -1.02. The lowest BCUT2D eigenvalue weighted by Gasteiger charge is -2.26. The molecule has 1 unspecified atom stereocenters. The van der Waals surface area contributed by atoms with E-state index in [1.807, 2.05) is 19.9 Å². The fraction of sp³-hybridized carbons (Fsp3) is 0.185. The van der Waals surface area contributed by atoms with Gasteiger partial charge in [0.25, 0.3) is 17.4 Å². The first kappa shape index (κ1) is 24.5. The summed E-state index contributed by atoms with van der Waals surface area (Å²) >= 11 is 0. The molecule has 1 heterocycles. The number of aliphatic hydroxyl groups excluding tert-OH is 1. The second kappa shape index (κ2) is 9.91. The van der Waals surface area contributed by atoms with Crippen molar-refractivity contribution in [2.45, 2.75) is 19.9 Å². The van der Waals surface area contributed by atoms with Crippen LogP contribution in [-0.4, -0.2) is 35.4 Å². The van der Waals surface area contributed by atoms with Gasteiger partial charge in [0, 0.05) is 23.4 Å². The van der Waals surface area contributed by atoms with E-state index in [1.54, 1.807) is 36.4 Å². The number of nitrogens with zero attached hydrogens (tertiary/aromatic N) is 2. The molecule has 1 amide bonds. The number of hydrogen-bond acceptors (Lipinski definition) is 7. The molecule has 0 bridgehead atoms. The summed E-state index contributed by atoms with van der Waals surface area (Å²) in [6, 6.07) is 16.3. The van der Waals surface area contributed by atoms with Crippen LogP contribution in [0.25, 0.3) is 5.76 Å². The smallest absolute Gasteiger partial charge is 0.300 e. The summed E-state index contributed by atoms with van der Waals surface area (Å²) < 4.78 is 11.1. The van der Waals surface area contributed by atoms with E-state index >= 15 is 0 Å². The number of nitro groups is 1. The first-order chi connectivity index (χ1) is 17.3. The van der Waals surface area contributed by atoms with Crippen molar-refractivity contribution in [1.82, 2.24) is 0 Å². The molecule has 0 aromatic heterocycles. The van der Waals surface area contributed by atoms with Crippen molar-refractivity contribution in [3.8, 4) is 11.5 Å². The summed E-state index contributed by atoms with van der Waals surface area (Å²) in [5, 5.41) is 22.5. The third-order valence-corrected chi connectivity index (χ3v) is 5.86. The summed E-state index contributed by atoms with van der Waals surface area (Å²) in [7, 11) is 1.50. The minimum absolute atomic E-state index is 0.0509. The third-order valence-electron chi connectivity index (χ3n) is 5.86. The van der Waals surface area contributed by atoms with Gasteiger partial charge in [-0.25, -0.2) is 0 Å². The second-order valence-electron chi connectivity index (χ2n) is 8.16. The van der Waals surface area contributed by atoms with Crippen molar-refractivity contribution in [3.63, 3.8) is 0 Å². The molecule has 3 aromatic rings. The van der Waals surface area contributed by atoms with E-state index in [0.29, 0.717) is 29.4 Å². The molecule has 0 spiro atoms. The van der Waals surface area contributed by atoms with Gasteiger partial charge in [-0.1, -0.05) is 30.3 Å². The molecular weight excluding hydrogens is 464 g/mol. The summed E-state index contributed by atoms with van der Waals surface area (Å²) in [5.74, 6) is -1.37. The molecule has 1 N–H and O–H groups in total. The van der Waals surface area contributed by atoms with Gasteiger partial charge >= 0.3 is 0 Å². The van der Waals surface area contributed by atoms with Crippen LogP contribution in [0.3, 0.4) is 0 Å². The van der Waals surface area contributed by atoms with Gasteiger partial charge < -0.3 is 14.6 Å². The van der Waals surface area contributed by atoms with Crippen molar-refractivity contribution >= 4 is 28.8 Å². The van der Waals surface area contributed by atoms with E-state index < -0.39 is 28.4 Å². The van der Waals surface area contributed by atoms with Crippen LogP contribution in [-0.2, 0) is 9.59 Å². The monoisotopic (exact) mass is 488 g/mol. The molecule has 1 fully saturated rings. The van der Waals surface area contributed by atoms with Gasteiger partial charge in [0.05, 0.1) is 30.3 Å². The lowest BCUT2D eigenvalue weighted by molar-refractivity contribution is -0.384. The number of carbonyl (C=O) groups excluding carboxylic acids is 2. The molecule has 1 saturated heterocycles. The van der Waals surface area contributed by atoms with E-state index in [-0.39, 0.29) is 16.8 Å². The number of hydrogen-bond donors (Lipinski definition) is 1. The molecule has 0 aliphatic carbocycles. The zero-order valence-corrected chi connectivity index (χ0v) is 19.9. The van der Waals surface area contributed by atoms with Gasteiger partial charge in [-0.05, 0) is 49.2 Å². The van der Waals surface area contributed by atoms with Gasteiger partial charge in [-0.15, -0.1) is 0 Å². The number of amides is 1. The predicted octanol–water partition coefficient (Wildman–Crippen LogP) is 4.94. The Balaban J connectivity index is 1.98. The molecule has 184 valence electrons. The van der Waals surface area contributed by atoms with Crippen LogP contribution in [0.15, 0.2) is 72.3 Å². The molecule has 9 heteroatoms. The number of anilines is 1. The van der Waals surface area contributed by atoms with E-state index in [0.717, 1.165) is 11.6 Å². The van der Waals surface area contributed by atoms with E-state index in [9.17, 15) is 24.8 Å². The van der Waals surface area contributed by atoms with E-state index in [4.69, 9.17) is 9.47 Å². The Kier molecular flexibility index (Phi) is 6.73. The number of rotatable bonds is 7. The zero-order valence-electron chi connectivity index (χ0n) is 19.9. The maximum absolute atomic E-state index is 13.3. The van der Waals surface area contributed by atoms with Gasteiger partial charge in [-0.3, -0.25) is 24.6 Å². The number of ether oxygens (including phenoxy) is 2. The number of non-ortho nitro benzene ring substituents is 1. The second-order valence-corrected chi connectivity index (χ2v) is 8.16. The molecule has 4 rings (SSSR count). The van der Waals surface area contributed by atoms with Crippen molar-refractivity contribution in [2.24, 2.45) is 0 Å². The zero-order chi connectivity index (χ0) is 26.0. The average molecular weight is 488 g/mol. The first-order valence-electron chi connectivity index (χ1n) is 11.2. The largest absolute Gasteiger partial charge is 0.507 e. The van der Waals surface area contributed by atoms with Gasteiger partial charge in [0.15, 0.2) is 11.5 Å². The van der Waals surface area contributed by atoms with Crippen molar-refractivity contribution < 1.29 is 29.1 Å².